The first-order valence-corrected chi connectivity index (χ1v) is 8.97. The van der Waals surface area contributed by atoms with Gasteiger partial charge in [0.15, 0.2) is 0 Å². The molecule has 7 heteroatoms. The summed E-state index contributed by atoms with van der Waals surface area (Å²) in [5.74, 6) is 0.0963. The molecule has 19 heavy (non-hydrogen) atoms. The van der Waals surface area contributed by atoms with Crippen molar-refractivity contribution in [3.63, 3.8) is 0 Å². The Morgan fingerprint density at radius 2 is 2.11 bits per heavy atom. The summed E-state index contributed by atoms with van der Waals surface area (Å²) in [6.07, 6.45) is 3.01. The molecule has 1 aromatic carbocycles. The Kier molecular flexibility index (Phi) is 5.11. The quantitative estimate of drug-likeness (QED) is 0.728. The number of benzene rings is 1. The molecule has 0 amide bonds. The van der Waals surface area contributed by atoms with Gasteiger partial charge in [0, 0.05) is 10.5 Å². The van der Waals surface area contributed by atoms with E-state index in [1.807, 2.05) is 0 Å². The van der Waals surface area contributed by atoms with E-state index in [9.17, 15) is 8.42 Å². The van der Waals surface area contributed by atoms with Gasteiger partial charge in [-0.2, -0.15) is 0 Å². The second kappa shape index (κ2) is 6.43. The van der Waals surface area contributed by atoms with Crippen molar-refractivity contribution in [2.24, 2.45) is 0 Å². The fourth-order valence-electron chi connectivity index (χ4n) is 1.65. The molecule has 0 spiro atoms. The summed E-state index contributed by atoms with van der Waals surface area (Å²) in [7, 11) is -3.34. The maximum atomic E-state index is 11.9. The van der Waals surface area contributed by atoms with Gasteiger partial charge >= 0.3 is 0 Å². The van der Waals surface area contributed by atoms with E-state index < -0.39 is 10.0 Å². The monoisotopic (exact) mass is 366 g/mol. The summed E-state index contributed by atoms with van der Waals surface area (Å²) in [4.78, 5) is 0. The first kappa shape index (κ1) is 15.1. The molecule has 0 heterocycles. The smallest absolute Gasteiger partial charge is 0.232 e. The molecule has 106 valence electrons. The second-order valence-electron chi connectivity index (χ2n) is 4.63. The van der Waals surface area contributed by atoms with Crippen LogP contribution in [0.15, 0.2) is 22.7 Å². The molecule has 1 saturated carbocycles. The topological polar surface area (TPSA) is 58.2 Å². The van der Waals surface area contributed by atoms with E-state index in [4.69, 9.17) is 11.6 Å². The average molecular weight is 368 g/mol. The van der Waals surface area contributed by atoms with Gasteiger partial charge in [0.2, 0.25) is 10.0 Å². The number of hydrogen-bond donors (Lipinski definition) is 2. The van der Waals surface area contributed by atoms with Gasteiger partial charge in [0.25, 0.3) is 0 Å². The lowest BCUT2D eigenvalue weighted by Crippen LogP contribution is -2.23. The highest BCUT2D eigenvalue weighted by Crippen LogP contribution is 2.26. The molecule has 1 aromatic rings. The molecule has 2 rings (SSSR count). The standard InChI is InChI=1S/C12H16BrClN2O2S/c13-9-2-5-12(11(14)8-9)16-19(17,18)7-1-6-15-10-3-4-10/h2,5,8,10,15-16H,1,3-4,6-7H2. The maximum Gasteiger partial charge on any atom is 0.232 e. The van der Waals surface area contributed by atoms with Gasteiger partial charge in [0.05, 0.1) is 16.5 Å². The van der Waals surface area contributed by atoms with Crippen LogP contribution in [0.25, 0.3) is 0 Å². The van der Waals surface area contributed by atoms with Gasteiger partial charge in [-0.15, -0.1) is 0 Å². The van der Waals surface area contributed by atoms with Gasteiger partial charge in [-0.3, -0.25) is 4.72 Å². The van der Waals surface area contributed by atoms with Crippen molar-refractivity contribution >= 4 is 43.2 Å². The molecule has 0 unspecified atom stereocenters. The predicted molar refractivity (Wildman–Crippen MR) is 82.2 cm³/mol. The van der Waals surface area contributed by atoms with Crippen molar-refractivity contribution < 1.29 is 8.42 Å². The zero-order chi connectivity index (χ0) is 13.9. The third kappa shape index (κ3) is 5.30. The van der Waals surface area contributed by atoms with Gasteiger partial charge in [-0.25, -0.2) is 8.42 Å². The SMILES string of the molecule is O=S(=O)(CCCNC1CC1)Nc1ccc(Br)cc1Cl. The lowest BCUT2D eigenvalue weighted by molar-refractivity contribution is 0.593. The molecule has 4 nitrogen and oxygen atoms in total. The number of rotatable bonds is 7. The molecule has 2 N–H and O–H groups in total. The van der Waals surface area contributed by atoms with E-state index in [2.05, 4.69) is 26.0 Å². The lowest BCUT2D eigenvalue weighted by Gasteiger charge is -2.10. The third-order valence-corrected chi connectivity index (χ3v) is 4.96. The highest BCUT2D eigenvalue weighted by atomic mass is 79.9. The van der Waals surface area contributed by atoms with Crippen LogP contribution in [0.3, 0.4) is 0 Å². The van der Waals surface area contributed by atoms with Crippen LogP contribution in [0.5, 0.6) is 0 Å². The molecule has 0 bridgehead atoms. The largest absolute Gasteiger partial charge is 0.314 e. The first-order valence-electron chi connectivity index (χ1n) is 6.15. The molecular formula is C12H16BrClN2O2S. The highest BCUT2D eigenvalue weighted by molar-refractivity contribution is 9.10. The van der Waals surface area contributed by atoms with Crippen LogP contribution in [-0.2, 0) is 10.0 Å². The van der Waals surface area contributed by atoms with Crippen molar-refractivity contribution in [1.82, 2.24) is 5.32 Å². The van der Waals surface area contributed by atoms with E-state index in [1.165, 1.54) is 12.8 Å². The van der Waals surface area contributed by atoms with Crippen molar-refractivity contribution in [3.05, 3.63) is 27.7 Å². The van der Waals surface area contributed by atoms with Crippen LogP contribution in [0.1, 0.15) is 19.3 Å². The van der Waals surface area contributed by atoms with Crippen molar-refractivity contribution in [1.29, 1.82) is 0 Å². The molecule has 1 aliphatic rings. The summed E-state index contributed by atoms with van der Waals surface area (Å²) in [6, 6.07) is 5.66. The molecular weight excluding hydrogens is 352 g/mol. The maximum absolute atomic E-state index is 11.9. The molecule has 0 radical (unpaired) electrons. The van der Waals surface area contributed by atoms with Gasteiger partial charge in [-0.1, -0.05) is 27.5 Å². The van der Waals surface area contributed by atoms with Crippen LogP contribution in [0.4, 0.5) is 5.69 Å². The zero-order valence-electron chi connectivity index (χ0n) is 10.3. The van der Waals surface area contributed by atoms with Crippen molar-refractivity contribution in [2.75, 3.05) is 17.0 Å². The van der Waals surface area contributed by atoms with Crippen LogP contribution < -0.4 is 10.0 Å². The fraction of sp³-hybridized carbons (Fsp3) is 0.500. The van der Waals surface area contributed by atoms with Crippen LogP contribution in [0, 0.1) is 0 Å². The Morgan fingerprint density at radius 3 is 2.74 bits per heavy atom. The molecule has 0 atom stereocenters. The fourth-order valence-corrected chi connectivity index (χ4v) is 3.56. The Balaban J connectivity index is 1.84. The second-order valence-corrected chi connectivity index (χ2v) is 7.79. The van der Waals surface area contributed by atoms with E-state index >= 15 is 0 Å². The Morgan fingerprint density at radius 1 is 1.37 bits per heavy atom. The van der Waals surface area contributed by atoms with E-state index in [-0.39, 0.29) is 5.75 Å². The van der Waals surface area contributed by atoms with Gasteiger partial charge in [-0.05, 0) is 44.0 Å². The van der Waals surface area contributed by atoms with Crippen molar-refractivity contribution in [3.8, 4) is 0 Å². The Bertz CT molecular complexity index is 547. The summed E-state index contributed by atoms with van der Waals surface area (Å²) >= 11 is 9.25. The van der Waals surface area contributed by atoms with Crippen LogP contribution in [-0.4, -0.2) is 26.8 Å². The average Bonchev–Trinajstić information content (AvgIpc) is 3.12. The first-order chi connectivity index (χ1) is 8.96. The highest BCUT2D eigenvalue weighted by Gasteiger charge is 2.20. The number of anilines is 1. The summed E-state index contributed by atoms with van der Waals surface area (Å²) in [5, 5.41) is 3.67. The molecule has 1 fully saturated rings. The summed E-state index contributed by atoms with van der Waals surface area (Å²) < 4.78 is 27.1. The Labute approximate surface area is 127 Å². The third-order valence-electron chi connectivity index (χ3n) is 2.80. The zero-order valence-corrected chi connectivity index (χ0v) is 13.5. The summed E-state index contributed by atoms with van der Waals surface area (Å²) in [6.45, 7) is 0.736. The van der Waals surface area contributed by atoms with Gasteiger partial charge in [0.1, 0.15) is 0 Å². The van der Waals surface area contributed by atoms with Crippen LogP contribution >= 0.6 is 27.5 Å². The van der Waals surface area contributed by atoms with E-state index in [0.29, 0.717) is 23.2 Å². The molecule has 0 saturated heterocycles. The minimum atomic E-state index is -3.34. The molecule has 0 aliphatic heterocycles. The predicted octanol–water partition coefficient (Wildman–Crippen LogP) is 2.99. The molecule has 0 aromatic heterocycles. The Hall–Kier alpha value is -0.300. The minimum Gasteiger partial charge on any atom is -0.314 e. The normalized spacial score (nSPS) is 15.5. The van der Waals surface area contributed by atoms with Crippen molar-refractivity contribution in [2.45, 2.75) is 25.3 Å². The lowest BCUT2D eigenvalue weighted by atomic mass is 10.3. The number of hydrogen-bond acceptors (Lipinski definition) is 3. The molecule has 1 aliphatic carbocycles. The number of sulfonamides is 1. The van der Waals surface area contributed by atoms with E-state index in [0.717, 1.165) is 11.0 Å². The number of nitrogens with one attached hydrogen (secondary N) is 2. The minimum absolute atomic E-state index is 0.0963. The van der Waals surface area contributed by atoms with E-state index in [1.54, 1.807) is 18.2 Å². The number of halogens is 2. The summed E-state index contributed by atoms with van der Waals surface area (Å²) in [5.41, 5.74) is 0.417. The van der Waals surface area contributed by atoms with Gasteiger partial charge < -0.3 is 5.32 Å². The van der Waals surface area contributed by atoms with Crippen LogP contribution in [0.2, 0.25) is 5.02 Å².